The van der Waals surface area contributed by atoms with Crippen LogP contribution in [0.5, 0.6) is 5.75 Å². The summed E-state index contributed by atoms with van der Waals surface area (Å²) < 4.78 is 5.95. The third kappa shape index (κ3) is 3.87. The fourth-order valence-electron chi connectivity index (χ4n) is 2.58. The van der Waals surface area contributed by atoms with Crippen molar-refractivity contribution in [3.8, 4) is 5.75 Å². The fourth-order valence-corrected chi connectivity index (χ4v) is 2.58. The Morgan fingerprint density at radius 2 is 1.95 bits per heavy atom. The molecule has 0 aromatic heterocycles. The fraction of sp³-hybridized carbons (Fsp3) is 0.625. The molecule has 2 rings (SSSR count). The van der Waals surface area contributed by atoms with Crippen molar-refractivity contribution in [3.63, 3.8) is 0 Å². The molecule has 0 amide bonds. The summed E-state index contributed by atoms with van der Waals surface area (Å²) in [5.41, 5.74) is 1.22. The Morgan fingerprint density at radius 1 is 1.21 bits per heavy atom. The number of hydrogen-bond donors (Lipinski definition) is 1. The first-order chi connectivity index (χ1) is 9.06. The molecule has 2 atom stereocenters. The second-order valence-corrected chi connectivity index (χ2v) is 5.95. The van der Waals surface area contributed by atoms with Crippen LogP contribution in [-0.4, -0.2) is 31.8 Å². The first-order valence-electron chi connectivity index (χ1n) is 7.30. The maximum Gasteiger partial charge on any atom is 0.142 e. The van der Waals surface area contributed by atoms with Crippen molar-refractivity contribution in [2.24, 2.45) is 5.92 Å². The topological polar surface area (TPSA) is 24.5 Å². The van der Waals surface area contributed by atoms with Crippen LogP contribution in [0.4, 0.5) is 5.69 Å². The van der Waals surface area contributed by atoms with Gasteiger partial charge in [0.15, 0.2) is 0 Å². The van der Waals surface area contributed by atoms with Gasteiger partial charge in [-0.05, 0) is 45.4 Å². The first-order valence-corrected chi connectivity index (χ1v) is 7.30. The van der Waals surface area contributed by atoms with Crippen molar-refractivity contribution < 1.29 is 4.74 Å². The monoisotopic (exact) mass is 262 g/mol. The zero-order valence-electron chi connectivity index (χ0n) is 12.5. The lowest BCUT2D eigenvalue weighted by atomic mass is 10.1. The number of para-hydroxylation sites is 2. The highest BCUT2D eigenvalue weighted by molar-refractivity contribution is 5.58. The van der Waals surface area contributed by atoms with Gasteiger partial charge in [-0.3, -0.25) is 0 Å². The van der Waals surface area contributed by atoms with Crippen molar-refractivity contribution in [1.82, 2.24) is 5.32 Å². The molecule has 1 fully saturated rings. The minimum atomic E-state index is 0.209. The summed E-state index contributed by atoms with van der Waals surface area (Å²) in [5, 5.41) is 3.57. The summed E-state index contributed by atoms with van der Waals surface area (Å²) in [6.45, 7) is 11.9. The Labute approximate surface area is 116 Å². The van der Waals surface area contributed by atoms with Crippen molar-refractivity contribution in [3.05, 3.63) is 24.3 Å². The third-order valence-corrected chi connectivity index (χ3v) is 3.41. The molecule has 1 saturated heterocycles. The van der Waals surface area contributed by atoms with E-state index in [0.717, 1.165) is 25.4 Å². The van der Waals surface area contributed by atoms with Gasteiger partial charge in [0.05, 0.1) is 11.8 Å². The van der Waals surface area contributed by atoms with Gasteiger partial charge in [-0.25, -0.2) is 0 Å². The predicted molar refractivity (Wildman–Crippen MR) is 81.0 cm³/mol. The van der Waals surface area contributed by atoms with Gasteiger partial charge in [-0.1, -0.05) is 19.1 Å². The van der Waals surface area contributed by atoms with Gasteiger partial charge in [-0.15, -0.1) is 0 Å². The second-order valence-electron chi connectivity index (χ2n) is 5.95. The number of ether oxygens (including phenoxy) is 1. The molecule has 0 aliphatic carbocycles. The van der Waals surface area contributed by atoms with E-state index in [1.165, 1.54) is 5.69 Å². The van der Waals surface area contributed by atoms with Crippen LogP contribution in [-0.2, 0) is 0 Å². The van der Waals surface area contributed by atoms with Gasteiger partial charge >= 0.3 is 0 Å². The summed E-state index contributed by atoms with van der Waals surface area (Å²) >= 11 is 0. The Kier molecular flexibility index (Phi) is 4.70. The molecule has 2 unspecified atom stereocenters. The second kappa shape index (κ2) is 6.29. The quantitative estimate of drug-likeness (QED) is 0.906. The van der Waals surface area contributed by atoms with Crippen LogP contribution in [0.1, 0.15) is 27.7 Å². The maximum absolute atomic E-state index is 5.95. The minimum Gasteiger partial charge on any atom is -0.489 e. The van der Waals surface area contributed by atoms with E-state index >= 15 is 0 Å². The largest absolute Gasteiger partial charge is 0.489 e. The molecule has 19 heavy (non-hydrogen) atoms. The molecule has 1 aliphatic rings. The molecule has 0 saturated carbocycles. The highest BCUT2D eigenvalue weighted by Crippen LogP contribution is 2.30. The molecule has 1 aromatic rings. The molecule has 1 N–H and O–H groups in total. The number of rotatable bonds is 3. The predicted octanol–water partition coefficient (Wildman–Crippen LogP) is 2.91. The smallest absolute Gasteiger partial charge is 0.142 e. The van der Waals surface area contributed by atoms with E-state index in [9.17, 15) is 0 Å². The standard InChI is InChI=1S/C16H26N2O/c1-12(2)19-16-8-6-5-7-15(16)18-10-13(3)9-17-14(4)11-18/h5-8,12-14,17H,9-11H2,1-4H3. The molecule has 0 spiro atoms. The molecule has 0 radical (unpaired) electrons. The zero-order valence-corrected chi connectivity index (χ0v) is 12.5. The molecule has 1 heterocycles. The summed E-state index contributed by atoms with van der Waals surface area (Å²) in [6, 6.07) is 8.89. The van der Waals surface area contributed by atoms with E-state index in [4.69, 9.17) is 4.74 Å². The van der Waals surface area contributed by atoms with Crippen LogP contribution in [0, 0.1) is 5.92 Å². The highest BCUT2D eigenvalue weighted by Gasteiger charge is 2.21. The average molecular weight is 262 g/mol. The molecule has 106 valence electrons. The van der Waals surface area contributed by atoms with Crippen molar-refractivity contribution in [2.75, 3.05) is 24.5 Å². The molecule has 1 aliphatic heterocycles. The van der Waals surface area contributed by atoms with Crippen LogP contribution in [0.25, 0.3) is 0 Å². The number of nitrogens with zero attached hydrogens (tertiary/aromatic N) is 1. The average Bonchev–Trinajstić information content (AvgIpc) is 2.51. The zero-order chi connectivity index (χ0) is 13.8. The van der Waals surface area contributed by atoms with Gasteiger partial charge in [0.25, 0.3) is 0 Å². The van der Waals surface area contributed by atoms with E-state index in [2.05, 4.69) is 56.1 Å². The van der Waals surface area contributed by atoms with Crippen molar-refractivity contribution >= 4 is 5.69 Å². The molecular formula is C16H26N2O. The van der Waals surface area contributed by atoms with Crippen molar-refractivity contribution in [1.29, 1.82) is 0 Å². The summed E-state index contributed by atoms with van der Waals surface area (Å²) in [6.07, 6.45) is 0.209. The Balaban J connectivity index is 2.23. The Hall–Kier alpha value is -1.22. The van der Waals surface area contributed by atoms with E-state index < -0.39 is 0 Å². The number of benzene rings is 1. The number of anilines is 1. The molecule has 3 nitrogen and oxygen atoms in total. The van der Waals surface area contributed by atoms with Gasteiger partial charge in [0.1, 0.15) is 5.75 Å². The number of hydrogen-bond acceptors (Lipinski definition) is 3. The lowest BCUT2D eigenvalue weighted by Gasteiger charge is -2.28. The molecule has 3 heteroatoms. The van der Waals surface area contributed by atoms with Crippen molar-refractivity contribution in [2.45, 2.75) is 39.8 Å². The van der Waals surface area contributed by atoms with Crippen LogP contribution >= 0.6 is 0 Å². The van der Waals surface area contributed by atoms with E-state index in [0.29, 0.717) is 12.0 Å². The van der Waals surface area contributed by atoms with Crippen LogP contribution in [0.15, 0.2) is 24.3 Å². The minimum absolute atomic E-state index is 0.209. The Bertz CT molecular complexity index is 393. The van der Waals surface area contributed by atoms with Crippen LogP contribution in [0.3, 0.4) is 0 Å². The van der Waals surface area contributed by atoms with E-state index in [1.54, 1.807) is 0 Å². The maximum atomic E-state index is 5.95. The number of nitrogens with one attached hydrogen (secondary N) is 1. The summed E-state index contributed by atoms with van der Waals surface area (Å²) in [5.74, 6) is 1.65. The van der Waals surface area contributed by atoms with Gasteiger partial charge < -0.3 is 15.0 Å². The van der Waals surface area contributed by atoms with Crippen LogP contribution in [0.2, 0.25) is 0 Å². The highest BCUT2D eigenvalue weighted by atomic mass is 16.5. The van der Waals surface area contributed by atoms with E-state index in [-0.39, 0.29) is 6.10 Å². The van der Waals surface area contributed by atoms with Gasteiger partial charge in [-0.2, -0.15) is 0 Å². The van der Waals surface area contributed by atoms with Crippen LogP contribution < -0.4 is 15.0 Å². The lowest BCUT2D eigenvalue weighted by molar-refractivity contribution is 0.242. The van der Waals surface area contributed by atoms with Gasteiger partial charge in [0, 0.05) is 19.1 Å². The normalized spacial score (nSPS) is 24.4. The van der Waals surface area contributed by atoms with E-state index in [1.807, 2.05) is 6.07 Å². The Morgan fingerprint density at radius 3 is 2.68 bits per heavy atom. The third-order valence-electron chi connectivity index (χ3n) is 3.41. The summed E-state index contributed by atoms with van der Waals surface area (Å²) in [7, 11) is 0. The first kappa shape index (κ1) is 14.2. The summed E-state index contributed by atoms with van der Waals surface area (Å²) in [4.78, 5) is 2.45. The molecule has 0 bridgehead atoms. The molecule has 1 aromatic carbocycles. The molecular weight excluding hydrogens is 236 g/mol. The van der Waals surface area contributed by atoms with Gasteiger partial charge in [0.2, 0.25) is 0 Å². The lowest BCUT2D eigenvalue weighted by Crippen LogP contribution is -2.35. The SMILES string of the molecule is CC1CNC(C)CN(c2ccccc2OC(C)C)C1.